The fourth-order valence-electron chi connectivity index (χ4n) is 0.0211. The Bertz CT molecular complexity index is 131. The fourth-order valence-corrected chi connectivity index (χ4v) is 0.110. The van der Waals surface area contributed by atoms with Gasteiger partial charge in [-0.1, -0.05) is 15.9 Å². The maximum absolute atomic E-state index is 8.81. The van der Waals surface area contributed by atoms with Crippen LogP contribution >= 0.6 is 15.9 Å². The molecular formula is C3H7BrO2. The predicted molar refractivity (Wildman–Crippen MR) is 26.9 cm³/mol. The lowest BCUT2D eigenvalue weighted by Gasteiger charge is -1.96. The van der Waals surface area contributed by atoms with Crippen molar-refractivity contribution in [2.45, 2.75) is 6.08 Å². The van der Waals surface area contributed by atoms with Crippen LogP contribution in [0.3, 0.4) is 0 Å². The molecule has 38 valence electrons. The Morgan fingerprint density at radius 1 is 2.17 bits per heavy atom. The van der Waals surface area contributed by atoms with Crippen molar-refractivity contribution in [3.63, 3.8) is 0 Å². The minimum absolute atomic E-state index is 2.23. The van der Waals surface area contributed by atoms with Crippen LogP contribution in [0.2, 0.25) is 0 Å². The first-order chi connectivity index (χ1) is 4.50. The quantitative estimate of drug-likeness (QED) is 0.546. The maximum Gasteiger partial charge on any atom is 0.0867 e. The zero-order valence-corrected chi connectivity index (χ0v) is 4.36. The highest BCUT2D eigenvalue weighted by molar-refractivity contribution is 9.09. The molecule has 0 radical (unpaired) electrons. The molecule has 0 heterocycles. The molecule has 6 heavy (non-hydrogen) atoms. The van der Waals surface area contributed by atoms with Gasteiger partial charge >= 0.3 is 0 Å². The molecule has 0 aromatic carbocycles. The third kappa shape index (κ3) is 2.63. The monoisotopic (exact) mass is 159 g/mol. The van der Waals surface area contributed by atoms with Crippen LogP contribution in [0, 0.1) is 0 Å². The molecule has 0 saturated heterocycles. The highest BCUT2D eigenvalue weighted by atomic mass is 79.9. The first-order valence-electron chi connectivity index (χ1n) is 3.64. The van der Waals surface area contributed by atoms with Gasteiger partial charge in [-0.25, -0.2) is 0 Å². The molecule has 2 N–H and O–H groups in total. The summed E-state index contributed by atoms with van der Waals surface area (Å²) in [5, 5.41) is 14.6. The summed E-state index contributed by atoms with van der Waals surface area (Å²) >= 11 is 2.23. The first-order valence-corrected chi connectivity index (χ1v) is 1.93. The summed E-state index contributed by atoms with van der Waals surface area (Å²) in [6, 6.07) is 0. The van der Waals surface area contributed by atoms with E-state index in [2.05, 4.69) is 15.9 Å². The Balaban J connectivity index is 4.75. The van der Waals surface area contributed by atoms with E-state index < -0.39 is 17.9 Å². The molecular weight excluding hydrogens is 148 g/mol. The van der Waals surface area contributed by atoms with Gasteiger partial charge in [0.2, 0.25) is 0 Å². The van der Waals surface area contributed by atoms with Gasteiger partial charge in [-0.2, -0.15) is 0 Å². The van der Waals surface area contributed by atoms with Crippen molar-refractivity contribution in [3.8, 4) is 0 Å². The molecule has 1 atom stereocenters. The van der Waals surface area contributed by atoms with Crippen LogP contribution in [-0.4, -0.2) is 28.1 Å². The third-order valence-corrected chi connectivity index (χ3v) is 0.571. The molecule has 0 aromatic rings. The van der Waals surface area contributed by atoms with Crippen molar-refractivity contribution in [2.24, 2.45) is 0 Å². The van der Waals surface area contributed by atoms with Gasteiger partial charge in [0, 0.05) is 8.02 Å². The molecule has 0 spiro atoms. The summed E-state index contributed by atoms with van der Waals surface area (Å²) in [6.07, 6.45) is -3.24. The van der Waals surface area contributed by atoms with Crippen LogP contribution in [0.5, 0.6) is 0 Å². The van der Waals surface area contributed by atoms with Gasteiger partial charge < -0.3 is 10.2 Å². The molecule has 0 aromatic heterocycles. The maximum atomic E-state index is 8.81. The lowest BCUT2D eigenvalue weighted by molar-refractivity contribution is 0.114. The zero-order chi connectivity index (χ0) is 9.50. The minimum Gasteiger partial charge on any atom is -0.394 e. The van der Waals surface area contributed by atoms with Crippen LogP contribution in [0.25, 0.3) is 0 Å². The number of aliphatic hydroxyl groups is 2. The average Bonchev–Trinajstić information content (AvgIpc) is 1.58. The zero-order valence-electron chi connectivity index (χ0n) is 7.77. The summed E-state index contributed by atoms with van der Waals surface area (Å²) < 4.78 is 33.2. The number of halogens is 1. The van der Waals surface area contributed by atoms with Crippen molar-refractivity contribution in [3.05, 3.63) is 0 Å². The lowest BCUT2D eigenvalue weighted by Crippen LogP contribution is -2.12. The molecule has 0 aliphatic heterocycles. The lowest BCUT2D eigenvalue weighted by atomic mass is 10.5. The van der Waals surface area contributed by atoms with Gasteiger partial charge in [0.15, 0.2) is 0 Å². The number of hydrogen-bond acceptors (Lipinski definition) is 2. The fraction of sp³-hybridized carbons (Fsp3) is 1.00. The largest absolute Gasteiger partial charge is 0.394 e. The van der Waals surface area contributed by atoms with Crippen molar-refractivity contribution < 1.29 is 17.1 Å². The van der Waals surface area contributed by atoms with Gasteiger partial charge in [0.1, 0.15) is 0 Å². The van der Waals surface area contributed by atoms with E-state index in [0.29, 0.717) is 0 Å². The van der Waals surface area contributed by atoms with Crippen LogP contribution in [0.1, 0.15) is 6.85 Å². The van der Waals surface area contributed by atoms with E-state index in [4.69, 9.17) is 17.1 Å². The van der Waals surface area contributed by atoms with Crippen molar-refractivity contribution in [1.29, 1.82) is 0 Å². The number of hydrogen-bond donors (Lipinski definition) is 2. The van der Waals surface area contributed by atoms with E-state index in [1.54, 1.807) is 0 Å². The predicted octanol–water partition coefficient (Wildman–Crippen LogP) is -0.265. The standard InChI is InChI=1S/C3H7BrO2/c4-1-3(6)2-5/h3,5-6H,1-2H2/i1D2,2D2,3D. The topological polar surface area (TPSA) is 40.5 Å². The molecule has 3 heteroatoms. The molecule has 0 rings (SSSR count). The molecule has 0 aliphatic carbocycles. The van der Waals surface area contributed by atoms with Gasteiger partial charge in [-0.15, -0.1) is 0 Å². The van der Waals surface area contributed by atoms with Crippen LogP contribution < -0.4 is 0 Å². The van der Waals surface area contributed by atoms with E-state index in [9.17, 15) is 0 Å². The van der Waals surface area contributed by atoms with Gasteiger partial charge in [-0.05, 0) is 0 Å². The molecule has 0 bridgehead atoms. The first kappa shape index (κ1) is 1.73. The molecule has 0 amide bonds. The molecule has 0 aliphatic rings. The second kappa shape index (κ2) is 3.59. The van der Waals surface area contributed by atoms with E-state index >= 15 is 0 Å². The van der Waals surface area contributed by atoms with E-state index in [1.165, 1.54) is 0 Å². The molecule has 0 fully saturated rings. The smallest absolute Gasteiger partial charge is 0.0867 e. The average molecular weight is 160 g/mol. The summed E-state index contributed by atoms with van der Waals surface area (Å²) in [5.41, 5.74) is 0. The molecule has 2 nitrogen and oxygen atoms in total. The summed E-state index contributed by atoms with van der Waals surface area (Å²) in [6.45, 7) is -3.32. The minimum atomic E-state index is -3.32. The summed E-state index contributed by atoms with van der Waals surface area (Å²) in [5.74, 6) is 0. The number of alkyl halides is 1. The van der Waals surface area contributed by atoms with Gasteiger partial charge in [-0.3, -0.25) is 0 Å². The summed E-state index contributed by atoms with van der Waals surface area (Å²) in [4.78, 5) is 0. The van der Waals surface area contributed by atoms with Gasteiger partial charge in [0.05, 0.1) is 16.8 Å². The van der Waals surface area contributed by atoms with Gasteiger partial charge in [0.25, 0.3) is 0 Å². The third-order valence-electron chi connectivity index (χ3n) is 0.195. The van der Waals surface area contributed by atoms with Crippen molar-refractivity contribution >= 4 is 15.9 Å². The SMILES string of the molecule is [2H]C([2H])(O)C([2H])(O)C([2H])([2H])Br. The van der Waals surface area contributed by atoms with Crippen molar-refractivity contribution in [1.82, 2.24) is 0 Å². The van der Waals surface area contributed by atoms with Crippen LogP contribution in [-0.2, 0) is 0 Å². The Kier molecular flexibility index (Phi) is 1.03. The summed E-state index contributed by atoms with van der Waals surface area (Å²) in [7, 11) is 0. The van der Waals surface area contributed by atoms with Crippen molar-refractivity contribution in [2.75, 3.05) is 11.8 Å². The Morgan fingerprint density at radius 3 is 2.67 bits per heavy atom. The second-order valence-corrected chi connectivity index (χ2v) is 0.951. The van der Waals surface area contributed by atoms with Crippen LogP contribution in [0.4, 0.5) is 0 Å². The Morgan fingerprint density at radius 2 is 2.67 bits per heavy atom. The Labute approximate surface area is 52.0 Å². The Hall–Kier alpha value is 0.400. The molecule has 1 unspecified atom stereocenters. The highest BCUT2D eigenvalue weighted by Crippen LogP contribution is 1.85. The number of rotatable bonds is 2. The van der Waals surface area contributed by atoms with E-state index in [1.807, 2.05) is 0 Å². The van der Waals surface area contributed by atoms with Crippen LogP contribution in [0.15, 0.2) is 0 Å². The normalized spacial score (nSPS) is 36.8. The van der Waals surface area contributed by atoms with E-state index in [0.717, 1.165) is 0 Å². The highest BCUT2D eigenvalue weighted by Gasteiger charge is 1.93. The van der Waals surface area contributed by atoms with E-state index in [-0.39, 0.29) is 0 Å². The second-order valence-electron chi connectivity index (χ2n) is 0.555. The molecule has 0 saturated carbocycles.